The van der Waals surface area contributed by atoms with Crippen LogP contribution in [-0.4, -0.2) is 43.9 Å². The zero-order valence-corrected chi connectivity index (χ0v) is 14.3. The monoisotopic (exact) mass is 323 g/mol. The molecule has 2 rings (SSSR count). The third-order valence-corrected chi connectivity index (χ3v) is 4.35. The molecule has 0 fully saturated rings. The molecular weight excluding hydrogens is 298 g/mol. The van der Waals surface area contributed by atoms with Crippen LogP contribution in [0.15, 0.2) is 23.2 Å². The Morgan fingerprint density at radius 2 is 2.14 bits per heavy atom. The lowest BCUT2D eigenvalue weighted by molar-refractivity contribution is 0.174. The summed E-state index contributed by atoms with van der Waals surface area (Å²) in [5, 5.41) is 7.18. The number of ether oxygens (including phenoxy) is 2. The summed E-state index contributed by atoms with van der Waals surface area (Å²) in [5.41, 5.74) is 1.23. The first-order valence-corrected chi connectivity index (χ1v) is 8.95. The summed E-state index contributed by atoms with van der Waals surface area (Å²) in [7, 11) is 0. The molecule has 5 nitrogen and oxygen atoms in total. The molecule has 1 aliphatic heterocycles. The van der Waals surface area contributed by atoms with Gasteiger partial charge in [-0.3, -0.25) is 4.99 Å². The van der Waals surface area contributed by atoms with E-state index in [1.165, 1.54) is 5.56 Å². The molecule has 2 N–H and O–H groups in total. The van der Waals surface area contributed by atoms with E-state index < -0.39 is 0 Å². The van der Waals surface area contributed by atoms with Crippen LogP contribution in [0.1, 0.15) is 19.4 Å². The Kier molecular flexibility index (Phi) is 6.71. The van der Waals surface area contributed by atoms with Crippen LogP contribution in [0.5, 0.6) is 11.5 Å². The Balaban J connectivity index is 1.82. The highest BCUT2D eigenvalue weighted by molar-refractivity contribution is 7.99. The predicted octanol–water partition coefficient (Wildman–Crippen LogP) is 2.26. The van der Waals surface area contributed by atoms with Gasteiger partial charge < -0.3 is 20.1 Å². The van der Waals surface area contributed by atoms with Gasteiger partial charge in [0.25, 0.3) is 0 Å². The van der Waals surface area contributed by atoms with E-state index in [0.29, 0.717) is 12.0 Å². The van der Waals surface area contributed by atoms with Gasteiger partial charge in [-0.1, -0.05) is 13.0 Å². The van der Waals surface area contributed by atoms with Crippen LogP contribution in [0.4, 0.5) is 0 Å². The number of hydrogen-bond acceptors (Lipinski definition) is 4. The molecule has 0 aromatic heterocycles. The molecule has 0 amide bonds. The van der Waals surface area contributed by atoms with Gasteiger partial charge in [0, 0.05) is 18.3 Å². The first kappa shape index (κ1) is 16.8. The van der Waals surface area contributed by atoms with Gasteiger partial charge in [0.2, 0.25) is 6.79 Å². The second-order valence-corrected chi connectivity index (χ2v) is 6.41. The fraction of sp³-hybridized carbons (Fsp3) is 0.562. The Labute approximate surface area is 136 Å². The molecule has 122 valence electrons. The molecular formula is C16H25N3O2S. The normalized spacial score (nSPS) is 14.8. The second kappa shape index (κ2) is 8.78. The third kappa shape index (κ3) is 5.02. The summed E-state index contributed by atoms with van der Waals surface area (Å²) in [6, 6.07) is 6.09. The van der Waals surface area contributed by atoms with Crippen LogP contribution < -0.4 is 20.1 Å². The van der Waals surface area contributed by atoms with Crippen molar-refractivity contribution in [3.05, 3.63) is 23.8 Å². The summed E-state index contributed by atoms with van der Waals surface area (Å²) in [5.74, 6) is 2.55. The Morgan fingerprint density at radius 1 is 1.32 bits per heavy atom. The van der Waals surface area contributed by atoms with Gasteiger partial charge in [-0.2, -0.15) is 11.8 Å². The minimum Gasteiger partial charge on any atom is -0.454 e. The molecule has 1 atom stereocenters. The highest BCUT2D eigenvalue weighted by Crippen LogP contribution is 2.32. The fourth-order valence-corrected chi connectivity index (χ4v) is 2.28. The molecule has 0 bridgehead atoms. The van der Waals surface area contributed by atoms with Crippen molar-refractivity contribution in [3.8, 4) is 11.5 Å². The van der Waals surface area contributed by atoms with Gasteiger partial charge in [-0.05, 0) is 37.3 Å². The lowest BCUT2D eigenvalue weighted by Gasteiger charge is -2.12. The fourth-order valence-electron chi connectivity index (χ4n) is 2.06. The van der Waals surface area contributed by atoms with Gasteiger partial charge in [-0.25, -0.2) is 0 Å². The standard InChI is InChI=1S/C16H25N3O2S/c1-4-17-16(19-10-12(2)22-3)18-8-7-13-5-6-14-15(9-13)21-11-20-14/h5-6,9,12H,4,7-8,10-11H2,1-3H3,(H2,17,18,19). The van der Waals surface area contributed by atoms with Crippen molar-refractivity contribution >= 4 is 17.7 Å². The zero-order chi connectivity index (χ0) is 15.8. The first-order valence-electron chi connectivity index (χ1n) is 7.66. The number of guanidine groups is 1. The molecule has 22 heavy (non-hydrogen) atoms. The van der Waals surface area contributed by atoms with Crippen molar-refractivity contribution in [1.82, 2.24) is 10.6 Å². The van der Waals surface area contributed by atoms with Crippen molar-refractivity contribution in [2.75, 3.05) is 32.7 Å². The van der Waals surface area contributed by atoms with Gasteiger partial charge in [-0.15, -0.1) is 0 Å². The topological polar surface area (TPSA) is 54.9 Å². The van der Waals surface area contributed by atoms with Gasteiger partial charge in [0.05, 0.1) is 6.54 Å². The van der Waals surface area contributed by atoms with Crippen molar-refractivity contribution in [2.45, 2.75) is 25.5 Å². The van der Waals surface area contributed by atoms with E-state index in [1.807, 2.05) is 23.9 Å². The smallest absolute Gasteiger partial charge is 0.231 e. The molecule has 0 saturated carbocycles. The molecule has 1 aliphatic rings. The van der Waals surface area contributed by atoms with Crippen molar-refractivity contribution in [1.29, 1.82) is 0 Å². The van der Waals surface area contributed by atoms with Crippen molar-refractivity contribution in [3.63, 3.8) is 0 Å². The maximum Gasteiger partial charge on any atom is 0.231 e. The molecule has 0 radical (unpaired) electrons. The number of nitrogens with one attached hydrogen (secondary N) is 2. The highest BCUT2D eigenvalue weighted by Gasteiger charge is 2.12. The van der Waals surface area contributed by atoms with Crippen LogP contribution in [0.25, 0.3) is 0 Å². The SMILES string of the molecule is CCNC(=NCC(C)SC)NCCc1ccc2c(c1)OCO2. The Bertz CT molecular complexity index is 508. The zero-order valence-electron chi connectivity index (χ0n) is 13.5. The van der Waals surface area contributed by atoms with E-state index in [9.17, 15) is 0 Å². The van der Waals surface area contributed by atoms with E-state index in [-0.39, 0.29) is 0 Å². The van der Waals surface area contributed by atoms with Gasteiger partial charge in [0.15, 0.2) is 17.5 Å². The first-order chi connectivity index (χ1) is 10.7. The molecule has 1 aromatic carbocycles. The van der Waals surface area contributed by atoms with E-state index >= 15 is 0 Å². The molecule has 0 saturated heterocycles. The molecule has 0 spiro atoms. The Hall–Kier alpha value is -1.56. The largest absolute Gasteiger partial charge is 0.454 e. The van der Waals surface area contributed by atoms with Gasteiger partial charge >= 0.3 is 0 Å². The van der Waals surface area contributed by atoms with E-state index in [1.54, 1.807) is 0 Å². The second-order valence-electron chi connectivity index (χ2n) is 5.13. The van der Waals surface area contributed by atoms with E-state index in [0.717, 1.165) is 43.5 Å². The van der Waals surface area contributed by atoms with Crippen LogP contribution in [-0.2, 0) is 6.42 Å². The number of hydrogen-bond donors (Lipinski definition) is 2. The van der Waals surface area contributed by atoms with Crippen LogP contribution in [0.2, 0.25) is 0 Å². The van der Waals surface area contributed by atoms with Crippen LogP contribution >= 0.6 is 11.8 Å². The lowest BCUT2D eigenvalue weighted by Crippen LogP contribution is -2.38. The third-order valence-electron chi connectivity index (χ3n) is 3.40. The highest BCUT2D eigenvalue weighted by atomic mass is 32.2. The predicted molar refractivity (Wildman–Crippen MR) is 93.2 cm³/mol. The molecule has 0 aliphatic carbocycles. The maximum absolute atomic E-state index is 5.40. The number of nitrogens with zero attached hydrogens (tertiary/aromatic N) is 1. The van der Waals surface area contributed by atoms with Crippen LogP contribution in [0, 0.1) is 0 Å². The number of rotatable bonds is 7. The average Bonchev–Trinajstić information content (AvgIpc) is 2.99. The summed E-state index contributed by atoms with van der Waals surface area (Å²) >= 11 is 1.83. The lowest BCUT2D eigenvalue weighted by atomic mass is 10.1. The van der Waals surface area contributed by atoms with Gasteiger partial charge in [0.1, 0.15) is 0 Å². The van der Waals surface area contributed by atoms with Crippen molar-refractivity contribution < 1.29 is 9.47 Å². The van der Waals surface area contributed by atoms with E-state index in [2.05, 4.69) is 41.8 Å². The Morgan fingerprint density at radius 3 is 2.91 bits per heavy atom. The number of benzene rings is 1. The maximum atomic E-state index is 5.40. The number of thioether (sulfide) groups is 1. The molecule has 1 heterocycles. The summed E-state index contributed by atoms with van der Waals surface area (Å²) in [6.45, 7) is 7.10. The molecule has 6 heteroatoms. The number of aliphatic imine (C=N–C) groups is 1. The average molecular weight is 323 g/mol. The molecule has 1 unspecified atom stereocenters. The number of fused-ring (bicyclic) bond motifs is 1. The molecule has 1 aromatic rings. The van der Waals surface area contributed by atoms with Crippen molar-refractivity contribution in [2.24, 2.45) is 4.99 Å². The van der Waals surface area contributed by atoms with E-state index in [4.69, 9.17) is 9.47 Å². The minimum absolute atomic E-state index is 0.321. The summed E-state index contributed by atoms with van der Waals surface area (Å²) in [4.78, 5) is 4.60. The minimum atomic E-state index is 0.321. The summed E-state index contributed by atoms with van der Waals surface area (Å²) < 4.78 is 10.7. The summed E-state index contributed by atoms with van der Waals surface area (Å²) in [6.07, 6.45) is 3.03. The quantitative estimate of drug-likeness (QED) is 0.595. The van der Waals surface area contributed by atoms with Crippen LogP contribution in [0.3, 0.4) is 0 Å².